The number of alkyl halides is 1. The number of nitrogens with zero attached hydrogens (tertiary/aromatic N) is 6. The fourth-order valence-electron chi connectivity index (χ4n) is 4.81. The molecule has 9 nitrogen and oxygen atoms in total. The van der Waals surface area contributed by atoms with Crippen LogP contribution in [0, 0.1) is 23.0 Å². The SMILES string of the molecule is COc1cc(F)cc(F)c1-c1nc(Nc2cc(N3CC[C@@H](F)[C@H](N)C3)c(-c3cnn(C(C)C)c3)cn2)ccc1C#N. The van der Waals surface area contributed by atoms with Crippen molar-refractivity contribution < 1.29 is 17.9 Å². The van der Waals surface area contributed by atoms with E-state index in [0.29, 0.717) is 31.4 Å². The van der Waals surface area contributed by atoms with Crippen LogP contribution in [0.15, 0.2) is 48.9 Å². The molecule has 0 radical (unpaired) electrons. The van der Waals surface area contributed by atoms with Gasteiger partial charge in [0.05, 0.1) is 36.2 Å². The van der Waals surface area contributed by atoms with E-state index in [9.17, 15) is 18.4 Å². The maximum Gasteiger partial charge on any atom is 0.139 e. The number of pyridine rings is 2. The van der Waals surface area contributed by atoms with E-state index >= 15 is 0 Å². The molecule has 3 N–H and O–H groups in total. The number of benzene rings is 1. The topological polar surface area (TPSA) is 118 Å². The highest BCUT2D eigenvalue weighted by Crippen LogP contribution is 2.37. The van der Waals surface area contributed by atoms with E-state index in [0.717, 1.165) is 22.9 Å². The van der Waals surface area contributed by atoms with Crippen LogP contribution in [-0.4, -0.2) is 52.2 Å². The molecule has 0 bridgehead atoms. The van der Waals surface area contributed by atoms with Crippen LogP contribution in [0.3, 0.4) is 0 Å². The Kier molecular flexibility index (Phi) is 7.81. The number of nitrogens with two attached hydrogens (primary N) is 1. The van der Waals surface area contributed by atoms with Crippen molar-refractivity contribution >= 4 is 17.3 Å². The third-order valence-electron chi connectivity index (χ3n) is 6.98. The lowest BCUT2D eigenvalue weighted by Crippen LogP contribution is -2.49. The van der Waals surface area contributed by atoms with Crippen LogP contribution in [0.25, 0.3) is 22.4 Å². The first-order valence-corrected chi connectivity index (χ1v) is 13.1. The fourth-order valence-corrected chi connectivity index (χ4v) is 4.81. The molecule has 1 aromatic carbocycles. The number of methoxy groups -OCH3 is 1. The van der Waals surface area contributed by atoms with Crippen molar-refractivity contribution in [2.45, 2.75) is 38.5 Å². The van der Waals surface area contributed by atoms with Gasteiger partial charge in [-0.25, -0.2) is 23.1 Å². The first-order valence-electron chi connectivity index (χ1n) is 13.1. The molecule has 0 unspecified atom stereocenters. The number of nitriles is 1. The standard InChI is InChI=1S/C29H29F3N8O/c1-16(2)40-14-18(12-36-40)20-13-35-27(10-24(20)39-7-6-21(31)23(34)15-39)37-26-5-4-17(11-33)29(38-26)28-22(32)8-19(30)9-25(28)41-3/h4-5,8-10,12-14,16,21,23H,6-7,15,34H2,1-3H3,(H,35,37,38)/t21-,23-/m1/s1. The molecule has 2 atom stereocenters. The molecule has 41 heavy (non-hydrogen) atoms. The van der Waals surface area contributed by atoms with Crippen molar-refractivity contribution in [2.24, 2.45) is 5.73 Å². The third kappa shape index (κ3) is 5.67. The summed E-state index contributed by atoms with van der Waals surface area (Å²) in [5, 5.41) is 17.2. The minimum atomic E-state index is -1.08. The van der Waals surface area contributed by atoms with Crippen LogP contribution in [0.4, 0.5) is 30.5 Å². The lowest BCUT2D eigenvalue weighted by atomic mass is 10.0. The number of nitrogens with one attached hydrogen (secondary N) is 1. The Morgan fingerprint density at radius 3 is 2.66 bits per heavy atom. The molecule has 1 aliphatic heterocycles. The highest BCUT2D eigenvalue weighted by atomic mass is 19.1. The van der Waals surface area contributed by atoms with Gasteiger partial charge in [0.2, 0.25) is 0 Å². The first-order chi connectivity index (χ1) is 19.7. The predicted octanol–water partition coefficient (Wildman–Crippen LogP) is 5.37. The summed E-state index contributed by atoms with van der Waals surface area (Å²) in [4.78, 5) is 11.1. The van der Waals surface area contributed by atoms with Crippen molar-refractivity contribution in [1.29, 1.82) is 5.26 Å². The summed E-state index contributed by atoms with van der Waals surface area (Å²) in [6.07, 6.45) is 4.60. The predicted molar refractivity (Wildman–Crippen MR) is 150 cm³/mol. The highest BCUT2D eigenvalue weighted by Gasteiger charge is 2.28. The van der Waals surface area contributed by atoms with Gasteiger partial charge in [-0.2, -0.15) is 10.4 Å². The van der Waals surface area contributed by atoms with Gasteiger partial charge in [-0.15, -0.1) is 0 Å². The molecule has 5 rings (SSSR count). The van der Waals surface area contributed by atoms with E-state index in [4.69, 9.17) is 10.5 Å². The van der Waals surface area contributed by atoms with Crippen LogP contribution in [-0.2, 0) is 0 Å². The minimum Gasteiger partial charge on any atom is -0.496 e. The Balaban J connectivity index is 1.55. The second kappa shape index (κ2) is 11.5. The second-order valence-electron chi connectivity index (χ2n) is 10.1. The molecule has 4 aromatic rings. The van der Waals surface area contributed by atoms with Gasteiger partial charge in [0.1, 0.15) is 41.3 Å². The second-order valence-corrected chi connectivity index (χ2v) is 10.1. The number of hydrogen-bond donors (Lipinski definition) is 2. The molecule has 0 saturated carbocycles. The maximum absolute atomic E-state index is 14.9. The van der Waals surface area contributed by atoms with Crippen molar-refractivity contribution in [3.05, 3.63) is 66.1 Å². The molecule has 12 heteroatoms. The maximum atomic E-state index is 14.9. The Morgan fingerprint density at radius 2 is 1.98 bits per heavy atom. The lowest BCUT2D eigenvalue weighted by Gasteiger charge is -2.35. The summed E-state index contributed by atoms with van der Waals surface area (Å²) in [5.74, 6) is -1.15. The highest BCUT2D eigenvalue weighted by molar-refractivity contribution is 5.81. The summed E-state index contributed by atoms with van der Waals surface area (Å²) in [6.45, 7) is 4.84. The zero-order valence-corrected chi connectivity index (χ0v) is 22.8. The number of piperidine rings is 1. The normalized spacial score (nSPS) is 17.0. The van der Waals surface area contributed by atoms with Gasteiger partial charge in [0.15, 0.2) is 0 Å². The molecule has 212 valence electrons. The van der Waals surface area contributed by atoms with Gasteiger partial charge in [-0.3, -0.25) is 4.68 Å². The van der Waals surface area contributed by atoms with Crippen molar-refractivity contribution in [1.82, 2.24) is 19.7 Å². The molecule has 1 saturated heterocycles. The zero-order valence-electron chi connectivity index (χ0n) is 22.8. The lowest BCUT2D eigenvalue weighted by molar-refractivity contribution is 0.244. The molecule has 0 spiro atoms. The summed E-state index contributed by atoms with van der Waals surface area (Å²) < 4.78 is 49.9. The number of ether oxygens (including phenoxy) is 1. The van der Waals surface area contributed by atoms with Gasteiger partial charge in [0, 0.05) is 66.5 Å². The van der Waals surface area contributed by atoms with E-state index in [1.807, 2.05) is 41.8 Å². The first kappa shape index (κ1) is 27.9. The molecular weight excluding hydrogens is 533 g/mol. The number of anilines is 3. The average Bonchev–Trinajstić information content (AvgIpc) is 3.45. The van der Waals surface area contributed by atoms with Crippen LogP contribution in [0.1, 0.15) is 31.9 Å². The van der Waals surface area contributed by atoms with Gasteiger partial charge in [-0.1, -0.05) is 0 Å². The Labute approximate surface area is 235 Å². The number of halogens is 3. The van der Waals surface area contributed by atoms with Crippen LogP contribution < -0.4 is 20.7 Å². The van der Waals surface area contributed by atoms with E-state index in [-0.39, 0.29) is 34.4 Å². The smallest absolute Gasteiger partial charge is 0.139 e. The molecular formula is C29H29F3N8O. The molecule has 0 amide bonds. The van der Waals surface area contributed by atoms with Crippen LogP contribution in [0.2, 0.25) is 0 Å². The summed E-state index contributed by atoms with van der Waals surface area (Å²) in [6, 6.07) is 8.11. The Hall–Kier alpha value is -4.63. The number of hydrogen-bond acceptors (Lipinski definition) is 8. The van der Waals surface area contributed by atoms with E-state index in [1.165, 1.54) is 13.2 Å². The molecule has 4 heterocycles. The van der Waals surface area contributed by atoms with E-state index < -0.39 is 23.8 Å². The van der Waals surface area contributed by atoms with Crippen molar-refractivity contribution in [3.63, 3.8) is 0 Å². The number of aromatic nitrogens is 4. The van der Waals surface area contributed by atoms with Crippen molar-refractivity contribution in [3.8, 4) is 34.2 Å². The van der Waals surface area contributed by atoms with Crippen LogP contribution >= 0.6 is 0 Å². The fraction of sp³-hybridized carbons (Fsp3) is 0.310. The number of rotatable bonds is 7. The van der Waals surface area contributed by atoms with Crippen molar-refractivity contribution in [2.75, 3.05) is 30.4 Å². The monoisotopic (exact) mass is 562 g/mol. The summed E-state index contributed by atoms with van der Waals surface area (Å²) >= 11 is 0. The van der Waals surface area contributed by atoms with E-state index in [1.54, 1.807) is 18.5 Å². The minimum absolute atomic E-state index is 0.0132. The molecule has 3 aromatic heterocycles. The quantitative estimate of drug-likeness (QED) is 0.309. The largest absolute Gasteiger partial charge is 0.496 e. The Bertz CT molecular complexity index is 1620. The zero-order chi connectivity index (χ0) is 29.3. The Morgan fingerprint density at radius 1 is 1.17 bits per heavy atom. The molecule has 0 aliphatic carbocycles. The molecule has 1 aliphatic rings. The van der Waals surface area contributed by atoms with Gasteiger partial charge in [0.25, 0.3) is 0 Å². The van der Waals surface area contributed by atoms with Gasteiger partial charge >= 0.3 is 0 Å². The summed E-state index contributed by atoms with van der Waals surface area (Å²) in [5.41, 5.74) is 8.45. The molecule has 1 fully saturated rings. The third-order valence-corrected chi connectivity index (χ3v) is 6.98. The van der Waals surface area contributed by atoms with Gasteiger partial charge < -0.3 is 20.7 Å². The van der Waals surface area contributed by atoms with E-state index in [2.05, 4.69) is 20.4 Å². The van der Waals surface area contributed by atoms with Gasteiger partial charge in [-0.05, 0) is 32.4 Å². The van der Waals surface area contributed by atoms with Crippen LogP contribution in [0.5, 0.6) is 5.75 Å². The summed E-state index contributed by atoms with van der Waals surface area (Å²) in [7, 11) is 1.28. The average molecular weight is 563 g/mol.